The normalized spacial score (nSPS) is 37.4. The maximum atomic E-state index is 5.64. The van der Waals surface area contributed by atoms with Gasteiger partial charge in [0.05, 0.1) is 6.61 Å². The van der Waals surface area contributed by atoms with E-state index < -0.39 is 0 Å². The Morgan fingerprint density at radius 2 is 2.24 bits per heavy atom. The van der Waals surface area contributed by atoms with Crippen molar-refractivity contribution in [2.45, 2.75) is 51.6 Å². The molecule has 0 aromatic heterocycles. The van der Waals surface area contributed by atoms with E-state index in [0.29, 0.717) is 12.1 Å². The van der Waals surface area contributed by atoms with Crippen LogP contribution in [0.2, 0.25) is 0 Å². The molecule has 2 rings (SSSR count). The quantitative estimate of drug-likeness (QED) is 0.797. The van der Waals surface area contributed by atoms with Crippen LogP contribution in [0.15, 0.2) is 0 Å². The van der Waals surface area contributed by atoms with Crippen molar-refractivity contribution < 1.29 is 4.74 Å². The monoisotopic (exact) mass is 240 g/mol. The van der Waals surface area contributed by atoms with Gasteiger partial charge < -0.3 is 10.1 Å². The fraction of sp³-hybridized carbons (Fsp3) is 1.00. The molecule has 3 unspecified atom stereocenters. The first kappa shape index (κ1) is 13.3. The summed E-state index contributed by atoms with van der Waals surface area (Å²) in [6.45, 7) is 10.2. The van der Waals surface area contributed by atoms with Crippen molar-refractivity contribution in [3.8, 4) is 0 Å². The van der Waals surface area contributed by atoms with Gasteiger partial charge in [-0.05, 0) is 38.1 Å². The molecule has 2 aliphatic heterocycles. The molecule has 0 amide bonds. The Kier molecular flexibility index (Phi) is 5.26. The van der Waals surface area contributed by atoms with Crippen molar-refractivity contribution in [3.63, 3.8) is 0 Å². The molecule has 0 aromatic carbocycles. The van der Waals surface area contributed by atoms with E-state index in [1.54, 1.807) is 0 Å². The lowest BCUT2D eigenvalue weighted by Crippen LogP contribution is -2.49. The maximum absolute atomic E-state index is 5.64. The third-order valence-corrected chi connectivity index (χ3v) is 4.21. The van der Waals surface area contributed by atoms with E-state index >= 15 is 0 Å². The number of nitrogens with one attached hydrogen (secondary N) is 1. The van der Waals surface area contributed by atoms with E-state index in [4.69, 9.17) is 4.74 Å². The number of nitrogens with zero attached hydrogens (tertiary/aromatic N) is 1. The van der Waals surface area contributed by atoms with Crippen molar-refractivity contribution in [1.82, 2.24) is 10.2 Å². The summed E-state index contributed by atoms with van der Waals surface area (Å²) in [5.41, 5.74) is 0. The molecule has 17 heavy (non-hydrogen) atoms. The van der Waals surface area contributed by atoms with Crippen molar-refractivity contribution in [2.75, 3.05) is 32.8 Å². The molecule has 2 aliphatic rings. The number of hydrogen-bond donors (Lipinski definition) is 1. The zero-order valence-electron chi connectivity index (χ0n) is 11.5. The lowest BCUT2D eigenvalue weighted by atomic mass is 10.0. The van der Waals surface area contributed by atoms with Crippen LogP contribution in [0.5, 0.6) is 0 Å². The smallest absolute Gasteiger partial charge is 0.0621 e. The molecule has 0 bridgehead atoms. The summed E-state index contributed by atoms with van der Waals surface area (Å²) >= 11 is 0. The van der Waals surface area contributed by atoms with Gasteiger partial charge in [0.2, 0.25) is 0 Å². The largest absolute Gasteiger partial charge is 0.380 e. The fourth-order valence-electron chi connectivity index (χ4n) is 3.04. The third-order valence-electron chi connectivity index (χ3n) is 4.21. The van der Waals surface area contributed by atoms with Crippen LogP contribution in [-0.2, 0) is 4.74 Å². The second-order valence-corrected chi connectivity index (χ2v) is 5.77. The average Bonchev–Trinajstić information content (AvgIpc) is 2.35. The molecule has 3 atom stereocenters. The summed E-state index contributed by atoms with van der Waals surface area (Å²) < 4.78 is 5.64. The van der Waals surface area contributed by atoms with Crippen molar-refractivity contribution in [1.29, 1.82) is 0 Å². The van der Waals surface area contributed by atoms with E-state index in [1.165, 1.54) is 45.3 Å². The van der Waals surface area contributed by atoms with E-state index in [9.17, 15) is 0 Å². The molecule has 3 nitrogen and oxygen atoms in total. The molecule has 0 radical (unpaired) electrons. The minimum absolute atomic E-state index is 0.682. The first-order valence-corrected chi connectivity index (χ1v) is 7.34. The van der Waals surface area contributed by atoms with Gasteiger partial charge in [-0.3, -0.25) is 4.90 Å². The summed E-state index contributed by atoms with van der Waals surface area (Å²) in [5.74, 6) is 0.756. The predicted octanol–water partition coefficient (Wildman–Crippen LogP) is 1.88. The standard InChI is InChI=1S/C14H28N2O/c1-3-13-6-7-16(10-12(2)9-15-13)14-5-4-8-17-11-14/h12-15H,3-11H2,1-2H3. The minimum Gasteiger partial charge on any atom is -0.380 e. The number of ether oxygens (including phenoxy) is 1. The number of hydrogen-bond acceptors (Lipinski definition) is 3. The van der Waals surface area contributed by atoms with Crippen molar-refractivity contribution in [3.05, 3.63) is 0 Å². The molecule has 0 aromatic rings. The van der Waals surface area contributed by atoms with Gasteiger partial charge in [-0.15, -0.1) is 0 Å². The highest BCUT2D eigenvalue weighted by molar-refractivity contribution is 4.81. The van der Waals surface area contributed by atoms with Gasteiger partial charge in [-0.25, -0.2) is 0 Å². The molecule has 0 saturated carbocycles. The van der Waals surface area contributed by atoms with Crippen LogP contribution in [0.4, 0.5) is 0 Å². The second-order valence-electron chi connectivity index (χ2n) is 5.77. The summed E-state index contributed by atoms with van der Waals surface area (Å²) in [7, 11) is 0. The molecule has 2 heterocycles. The highest BCUT2D eigenvalue weighted by Gasteiger charge is 2.25. The van der Waals surface area contributed by atoms with E-state index in [1.807, 2.05) is 0 Å². The van der Waals surface area contributed by atoms with Gasteiger partial charge in [0.1, 0.15) is 0 Å². The minimum atomic E-state index is 0.682. The van der Waals surface area contributed by atoms with Gasteiger partial charge in [-0.1, -0.05) is 13.8 Å². The van der Waals surface area contributed by atoms with Gasteiger partial charge in [0, 0.05) is 31.8 Å². The second kappa shape index (κ2) is 6.72. The fourth-order valence-corrected chi connectivity index (χ4v) is 3.04. The van der Waals surface area contributed by atoms with Gasteiger partial charge in [-0.2, -0.15) is 0 Å². The zero-order valence-corrected chi connectivity index (χ0v) is 11.5. The van der Waals surface area contributed by atoms with Crippen LogP contribution in [0.3, 0.4) is 0 Å². The van der Waals surface area contributed by atoms with E-state index in [2.05, 4.69) is 24.1 Å². The summed E-state index contributed by atoms with van der Waals surface area (Å²) in [6, 6.07) is 1.39. The Labute approximate surface area is 106 Å². The first-order valence-electron chi connectivity index (χ1n) is 7.34. The van der Waals surface area contributed by atoms with Crippen molar-refractivity contribution >= 4 is 0 Å². The molecule has 0 aliphatic carbocycles. The molecule has 2 fully saturated rings. The van der Waals surface area contributed by atoms with Crippen molar-refractivity contribution in [2.24, 2.45) is 5.92 Å². The average molecular weight is 240 g/mol. The van der Waals surface area contributed by atoms with Crippen LogP contribution >= 0.6 is 0 Å². The lowest BCUT2D eigenvalue weighted by molar-refractivity contribution is 0.00854. The molecule has 3 heteroatoms. The SMILES string of the molecule is CCC1CCN(C2CCCOC2)CC(C)CN1. The summed E-state index contributed by atoms with van der Waals surface area (Å²) in [6.07, 6.45) is 5.11. The molecule has 0 spiro atoms. The van der Waals surface area contributed by atoms with E-state index in [-0.39, 0.29) is 0 Å². The molecule has 1 N–H and O–H groups in total. The molecular formula is C14H28N2O. The topological polar surface area (TPSA) is 24.5 Å². The maximum Gasteiger partial charge on any atom is 0.0621 e. The van der Waals surface area contributed by atoms with Crippen LogP contribution in [0.25, 0.3) is 0 Å². The Hall–Kier alpha value is -0.120. The van der Waals surface area contributed by atoms with Crippen LogP contribution in [0, 0.1) is 5.92 Å². The van der Waals surface area contributed by atoms with Crippen LogP contribution < -0.4 is 5.32 Å². The lowest BCUT2D eigenvalue weighted by Gasteiger charge is -2.38. The Bertz CT molecular complexity index is 216. The summed E-state index contributed by atoms with van der Waals surface area (Å²) in [4.78, 5) is 2.69. The zero-order chi connectivity index (χ0) is 12.1. The van der Waals surface area contributed by atoms with Crippen LogP contribution in [0.1, 0.15) is 39.5 Å². The highest BCUT2D eigenvalue weighted by atomic mass is 16.5. The Morgan fingerprint density at radius 3 is 2.94 bits per heavy atom. The Morgan fingerprint density at radius 1 is 1.35 bits per heavy atom. The molecular weight excluding hydrogens is 212 g/mol. The first-order chi connectivity index (χ1) is 8.29. The van der Waals surface area contributed by atoms with Gasteiger partial charge >= 0.3 is 0 Å². The number of rotatable bonds is 2. The van der Waals surface area contributed by atoms with Crippen LogP contribution in [-0.4, -0.2) is 49.8 Å². The Balaban J connectivity index is 1.89. The van der Waals surface area contributed by atoms with Gasteiger partial charge in [0.25, 0.3) is 0 Å². The molecule has 100 valence electrons. The van der Waals surface area contributed by atoms with Gasteiger partial charge in [0.15, 0.2) is 0 Å². The highest BCUT2D eigenvalue weighted by Crippen LogP contribution is 2.18. The summed E-state index contributed by atoms with van der Waals surface area (Å²) in [5, 5.41) is 3.69. The van der Waals surface area contributed by atoms with E-state index in [0.717, 1.165) is 19.1 Å². The molecule has 2 saturated heterocycles. The predicted molar refractivity (Wildman–Crippen MR) is 71.3 cm³/mol. The third kappa shape index (κ3) is 3.94.